The van der Waals surface area contributed by atoms with Gasteiger partial charge in [0.05, 0.1) is 18.0 Å². The molecule has 1 N–H and O–H groups in total. The molecular formula is C31H33F6N3O3. The minimum absolute atomic E-state index is 0.0983. The highest BCUT2D eigenvalue weighted by atomic mass is 19.4. The van der Waals surface area contributed by atoms with Crippen molar-refractivity contribution in [2.24, 2.45) is 11.8 Å². The number of nitrogens with one attached hydrogen (secondary N) is 1. The maximum Gasteiger partial charge on any atom is 0.416 e. The molecule has 1 aromatic carbocycles. The van der Waals surface area contributed by atoms with Gasteiger partial charge in [0.2, 0.25) is 5.91 Å². The predicted octanol–water partition coefficient (Wildman–Crippen LogP) is 6.18. The fourth-order valence-corrected chi connectivity index (χ4v) is 6.00. The fourth-order valence-electron chi connectivity index (χ4n) is 6.00. The monoisotopic (exact) mass is 609 g/mol. The molecule has 0 saturated carbocycles. The third-order valence-corrected chi connectivity index (χ3v) is 8.50. The molecule has 1 spiro atoms. The average Bonchev–Trinajstić information content (AvgIpc) is 3.26. The Labute approximate surface area is 245 Å². The minimum atomic E-state index is -4.44. The van der Waals surface area contributed by atoms with Crippen LogP contribution in [0.1, 0.15) is 36.8 Å². The lowest BCUT2D eigenvalue weighted by molar-refractivity contribution is -0.137. The number of amides is 2. The van der Waals surface area contributed by atoms with Crippen molar-refractivity contribution in [2.45, 2.75) is 50.2 Å². The van der Waals surface area contributed by atoms with Crippen LogP contribution in [-0.4, -0.2) is 66.3 Å². The summed E-state index contributed by atoms with van der Waals surface area (Å²) in [6.45, 7) is 2.42. The van der Waals surface area contributed by atoms with E-state index in [1.54, 1.807) is 23.1 Å². The molecule has 2 saturated heterocycles. The first-order chi connectivity index (χ1) is 20.3. The van der Waals surface area contributed by atoms with Crippen LogP contribution in [0.25, 0.3) is 0 Å². The van der Waals surface area contributed by atoms with Gasteiger partial charge in [0, 0.05) is 57.1 Å². The standard InChI is InChI=1S/C31H33F6N3O3/c32-30(33,34)25-11-7-21(8-12-25)18-39-15-13-29(14-16-39)20-40(28(42)43-29)19-22-5-9-23(10-6-22)27(41)38-17-24-3-1-2-4-26(24)31(35,36)37/h1-2,4-9,11-12,23-24H,3,10,13-20H2,(H,38,41). The van der Waals surface area contributed by atoms with E-state index >= 15 is 0 Å². The Kier molecular flexibility index (Phi) is 8.78. The first-order valence-corrected chi connectivity index (χ1v) is 14.3. The summed E-state index contributed by atoms with van der Waals surface area (Å²) in [5, 5.41) is 2.66. The van der Waals surface area contributed by atoms with Gasteiger partial charge in [0.15, 0.2) is 0 Å². The molecule has 6 nitrogen and oxygen atoms in total. The van der Waals surface area contributed by atoms with Gasteiger partial charge in [0.1, 0.15) is 5.60 Å². The molecule has 2 heterocycles. The normalized spacial score (nSPS) is 24.1. The second kappa shape index (κ2) is 12.2. The summed E-state index contributed by atoms with van der Waals surface area (Å²) >= 11 is 0. The van der Waals surface area contributed by atoms with Gasteiger partial charge in [-0.15, -0.1) is 0 Å². The van der Waals surface area contributed by atoms with Gasteiger partial charge in [0.25, 0.3) is 0 Å². The van der Waals surface area contributed by atoms with Crippen LogP contribution >= 0.6 is 0 Å². The van der Waals surface area contributed by atoms with Gasteiger partial charge in [-0.3, -0.25) is 14.6 Å². The number of benzene rings is 1. The molecule has 2 atom stereocenters. The van der Waals surface area contributed by atoms with Gasteiger partial charge >= 0.3 is 18.4 Å². The highest BCUT2D eigenvalue weighted by molar-refractivity contribution is 5.81. The lowest BCUT2D eigenvalue weighted by Crippen LogP contribution is -2.46. The quantitative estimate of drug-likeness (QED) is 0.376. The number of halogens is 6. The SMILES string of the molecule is O=C(NCC1CC=CC=C1C(F)(F)F)C1C=CC(CN2CC3(CCN(Cc4ccc(C(F)(F)F)cc4)CC3)OC2=O)=CC1. The third kappa shape index (κ3) is 7.52. The second-order valence-electron chi connectivity index (χ2n) is 11.6. The number of hydrogen-bond donors (Lipinski definition) is 1. The number of hydrogen-bond acceptors (Lipinski definition) is 4. The molecule has 4 aliphatic rings. The molecular weight excluding hydrogens is 576 g/mol. The number of carbonyl (C=O) groups excluding carboxylic acids is 2. The Morgan fingerprint density at radius 2 is 1.72 bits per heavy atom. The number of nitrogens with zero attached hydrogens (tertiary/aromatic N) is 2. The van der Waals surface area contributed by atoms with E-state index in [1.165, 1.54) is 18.2 Å². The van der Waals surface area contributed by atoms with Crippen LogP contribution in [0.5, 0.6) is 0 Å². The van der Waals surface area contributed by atoms with Crippen molar-refractivity contribution in [1.82, 2.24) is 15.1 Å². The molecule has 5 rings (SSSR count). The van der Waals surface area contributed by atoms with Crippen LogP contribution in [0, 0.1) is 11.8 Å². The molecule has 2 fully saturated rings. The molecule has 2 amide bonds. The topological polar surface area (TPSA) is 61.9 Å². The van der Waals surface area contributed by atoms with Crippen LogP contribution in [0.3, 0.4) is 0 Å². The van der Waals surface area contributed by atoms with Crippen molar-refractivity contribution < 1.29 is 40.7 Å². The lowest BCUT2D eigenvalue weighted by atomic mass is 9.90. The smallest absolute Gasteiger partial charge is 0.416 e. The zero-order chi connectivity index (χ0) is 30.8. The number of rotatable bonds is 7. The number of alkyl halides is 6. The molecule has 2 unspecified atom stereocenters. The molecule has 2 aliphatic heterocycles. The van der Waals surface area contributed by atoms with E-state index in [2.05, 4.69) is 10.2 Å². The maximum absolute atomic E-state index is 13.3. The van der Waals surface area contributed by atoms with E-state index in [9.17, 15) is 35.9 Å². The third-order valence-electron chi connectivity index (χ3n) is 8.50. The van der Waals surface area contributed by atoms with Crippen LogP contribution < -0.4 is 5.32 Å². The molecule has 232 valence electrons. The predicted molar refractivity (Wildman–Crippen MR) is 146 cm³/mol. The largest absolute Gasteiger partial charge is 0.441 e. The minimum Gasteiger partial charge on any atom is -0.441 e. The molecule has 0 bridgehead atoms. The summed E-state index contributed by atoms with van der Waals surface area (Å²) in [5.41, 5.74) is -0.311. The first kappa shape index (κ1) is 30.9. The van der Waals surface area contributed by atoms with Gasteiger partial charge in [-0.1, -0.05) is 48.6 Å². The van der Waals surface area contributed by atoms with E-state index < -0.39 is 47.0 Å². The van der Waals surface area contributed by atoms with Gasteiger partial charge in [-0.05, 0) is 36.1 Å². The number of piperidine rings is 1. The van der Waals surface area contributed by atoms with Crippen molar-refractivity contribution in [3.05, 3.63) is 83.0 Å². The summed E-state index contributed by atoms with van der Waals surface area (Å²) in [4.78, 5) is 29.1. The first-order valence-electron chi connectivity index (χ1n) is 14.3. The summed E-state index contributed by atoms with van der Waals surface area (Å²) in [7, 11) is 0. The number of carbonyl (C=O) groups is 2. The van der Waals surface area contributed by atoms with Crippen LogP contribution in [0.2, 0.25) is 0 Å². The van der Waals surface area contributed by atoms with E-state index in [4.69, 9.17) is 4.74 Å². The number of ether oxygens (including phenoxy) is 1. The maximum atomic E-state index is 13.3. The second-order valence-corrected chi connectivity index (χ2v) is 11.6. The van der Waals surface area contributed by atoms with Crippen molar-refractivity contribution in [1.29, 1.82) is 0 Å². The van der Waals surface area contributed by atoms with Gasteiger partial charge in [-0.2, -0.15) is 26.3 Å². The number of allylic oxidation sites excluding steroid dienone is 4. The van der Waals surface area contributed by atoms with Crippen molar-refractivity contribution >= 4 is 12.0 Å². The van der Waals surface area contributed by atoms with Crippen molar-refractivity contribution in [3.63, 3.8) is 0 Å². The summed E-state index contributed by atoms with van der Waals surface area (Å²) < 4.78 is 84.1. The summed E-state index contributed by atoms with van der Waals surface area (Å²) in [5.74, 6) is -1.67. The highest BCUT2D eigenvalue weighted by Gasteiger charge is 2.47. The van der Waals surface area contributed by atoms with Crippen LogP contribution in [0.15, 0.2) is 71.9 Å². The molecule has 2 aliphatic carbocycles. The lowest BCUT2D eigenvalue weighted by Gasteiger charge is -2.37. The van der Waals surface area contributed by atoms with E-state index in [1.807, 2.05) is 6.08 Å². The molecule has 0 aromatic heterocycles. The van der Waals surface area contributed by atoms with Crippen LogP contribution in [-0.2, 0) is 22.3 Å². The van der Waals surface area contributed by atoms with E-state index in [0.717, 1.165) is 29.3 Å². The Morgan fingerprint density at radius 3 is 2.35 bits per heavy atom. The number of likely N-dealkylation sites (tertiary alicyclic amines) is 1. The van der Waals surface area contributed by atoms with Gasteiger partial charge < -0.3 is 10.1 Å². The Balaban J connectivity index is 1.06. The molecule has 12 heteroatoms. The van der Waals surface area contributed by atoms with Crippen LogP contribution in [0.4, 0.5) is 31.1 Å². The molecule has 0 radical (unpaired) electrons. The summed E-state index contributed by atoms with van der Waals surface area (Å²) in [6, 6.07) is 5.14. The van der Waals surface area contributed by atoms with E-state index in [0.29, 0.717) is 52.0 Å². The summed E-state index contributed by atoms with van der Waals surface area (Å²) in [6.07, 6.45) is 1.99. The Morgan fingerprint density at radius 1 is 1.00 bits per heavy atom. The van der Waals surface area contributed by atoms with Gasteiger partial charge in [-0.25, -0.2) is 4.79 Å². The fraction of sp³-hybridized carbons (Fsp3) is 0.484. The zero-order valence-corrected chi connectivity index (χ0v) is 23.4. The molecule has 1 aromatic rings. The van der Waals surface area contributed by atoms with Crippen molar-refractivity contribution in [2.75, 3.05) is 32.7 Å². The Bertz CT molecular complexity index is 1320. The van der Waals surface area contributed by atoms with E-state index in [-0.39, 0.29) is 18.9 Å². The highest BCUT2D eigenvalue weighted by Crippen LogP contribution is 2.36. The zero-order valence-electron chi connectivity index (χ0n) is 23.4. The van der Waals surface area contributed by atoms with Crippen molar-refractivity contribution in [3.8, 4) is 0 Å². The Hall–Kier alpha value is -3.54. The molecule has 43 heavy (non-hydrogen) atoms. The average molecular weight is 610 g/mol.